The molecule has 2 N–H and O–H groups in total. The van der Waals surface area contributed by atoms with Crippen LogP contribution in [0.1, 0.15) is 69.2 Å². The summed E-state index contributed by atoms with van der Waals surface area (Å²) in [6.07, 6.45) is 10.7. The fourth-order valence-corrected chi connectivity index (χ4v) is 2.73. The maximum Gasteiger partial charge on any atom is 0.0389 e. The molecule has 1 unspecified atom stereocenters. The van der Waals surface area contributed by atoms with E-state index in [9.17, 15) is 0 Å². The highest BCUT2D eigenvalue weighted by molar-refractivity contribution is 7.10. The Morgan fingerprint density at radius 3 is 2.44 bits per heavy atom. The van der Waals surface area contributed by atoms with Crippen molar-refractivity contribution in [2.24, 2.45) is 5.73 Å². The van der Waals surface area contributed by atoms with Crippen LogP contribution in [0.3, 0.4) is 0 Å². The van der Waals surface area contributed by atoms with E-state index in [0.29, 0.717) is 0 Å². The first-order valence-electron chi connectivity index (χ1n) is 6.63. The first-order chi connectivity index (χ1) is 7.84. The molecule has 2 heteroatoms. The molecule has 0 radical (unpaired) electrons. The molecule has 0 saturated carbocycles. The molecule has 1 nitrogen and oxygen atoms in total. The van der Waals surface area contributed by atoms with E-state index in [2.05, 4.69) is 24.4 Å². The van der Waals surface area contributed by atoms with Gasteiger partial charge >= 0.3 is 0 Å². The predicted octanol–water partition coefficient (Wildman–Crippen LogP) is 4.89. The number of hydrogen-bond acceptors (Lipinski definition) is 2. The van der Waals surface area contributed by atoms with Gasteiger partial charge in [-0.25, -0.2) is 0 Å². The molecule has 0 spiro atoms. The third kappa shape index (κ3) is 5.66. The van der Waals surface area contributed by atoms with E-state index in [1.165, 1.54) is 49.8 Å². The van der Waals surface area contributed by atoms with Crippen LogP contribution in [-0.2, 0) is 0 Å². The molecule has 0 bridgehead atoms. The molecule has 0 aliphatic carbocycles. The molecular formula is C14H25NS. The van der Waals surface area contributed by atoms with Crippen LogP contribution in [-0.4, -0.2) is 0 Å². The standard InChI is InChI=1S/C14H25NS/c1-2-3-4-5-6-7-8-10-13(15)14-11-9-12-16-14/h9,11-13H,2-8,10,15H2,1H3. The van der Waals surface area contributed by atoms with Crippen LogP contribution >= 0.6 is 11.3 Å². The smallest absolute Gasteiger partial charge is 0.0389 e. The van der Waals surface area contributed by atoms with Gasteiger partial charge in [0.25, 0.3) is 0 Å². The van der Waals surface area contributed by atoms with Crippen molar-refractivity contribution in [1.82, 2.24) is 0 Å². The van der Waals surface area contributed by atoms with Crippen molar-refractivity contribution in [3.63, 3.8) is 0 Å². The van der Waals surface area contributed by atoms with Crippen molar-refractivity contribution in [2.45, 2.75) is 64.3 Å². The summed E-state index contributed by atoms with van der Waals surface area (Å²) in [5.74, 6) is 0. The molecular weight excluding hydrogens is 214 g/mol. The second kappa shape index (κ2) is 8.77. The molecule has 0 saturated heterocycles. The van der Waals surface area contributed by atoms with E-state index < -0.39 is 0 Å². The van der Waals surface area contributed by atoms with Crippen LogP contribution < -0.4 is 5.73 Å². The van der Waals surface area contributed by atoms with Crippen LogP contribution in [0.4, 0.5) is 0 Å². The highest BCUT2D eigenvalue weighted by atomic mass is 32.1. The molecule has 1 aromatic rings. The zero-order valence-corrected chi connectivity index (χ0v) is 11.3. The van der Waals surface area contributed by atoms with Gasteiger partial charge < -0.3 is 5.73 Å². The summed E-state index contributed by atoms with van der Waals surface area (Å²) in [5.41, 5.74) is 6.11. The van der Waals surface area contributed by atoms with E-state index >= 15 is 0 Å². The quantitative estimate of drug-likeness (QED) is 0.610. The van der Waals surface area contributed by atoms with Gasteiger partial charge in [-0.3, -0.25) is 0 Å². The third-order valence-corrected chi connectivity index (χ3v) is 4.03. The summed E-state index contributed by atoms with van der Waals surface area (Å²) >= 11 is 1.78. The minimum Gasteiger partial charge on any atom is -0.323 e. The fraction of sp³-hybridized carbons (Fsp3) is 0.714. The maximum absolute atomic E-state index is 6.11. The van der Waals surface area contributed by atoms with Gasteiger partial charge in [-0.2, -0.15) is 0 Å². The second-order valence-corrected chi connectivity index (χ2v) is 5.51. The summed E-state index contributed by atoms with van der Waals surface area (Å²) < 4.78 is 0. The topological polar surface area (TPSA) is 26.0 Å². The lowest BCUT2D eigenvalue weighted by molar-refractivity contribution is 0.544. The molecule has 1 atom stereocenters. The first kappa shape index (κ1) is 13.7. The van der Waals surface area contributed by atoms with Gasteiger partial charge in [0, 0.05) is 10.9 Å². The Kier molecular flexibility index (Phi) is 7.52. The van der Waals surface area contributed by atoms with Crippen LogP contribution in [0, 0.1) is 0 Å². The van der Waals surface area contributed by atoms with Crippen molar-refractivity contribution in [1.29, 1.82) is 0 Å². The third-order valence-electron chi connectivity index (χ3n) is 3.03. The van der Waals surface area contributed by atoms with Crippen LogP contribution in [0.2, 0.25) is 0 Å². The highest BCUT2D eigenvalue weighted by Crippen LogP contribution is 2.22. The van der Waals surface area contributed by atoms with Gasteiger partial charge in [0.2, 0.25) is 0 Å². The molecule has 0 amide bonds. The summed E-state index contributed by atoms with van der Waals surface area (Å²) in [6, 6.07) is 4.51. The Morgan fingerprint density at radius 2 is 1.81 bits per heavy atom. The maximum atomic E-state index is 6.11. The normalized spacial score (nSPS) is 12.9. The lowest BCUT2D eigenvalue weighted by Gasteiger charge is -2.08. The minimum atomic E-state index is 0.274. The van der Waals surface area contributed by atoms with Crippen LogP contribution in [0.5, 0.6) is 0 Å². The highest BCUT2D eigenvalue weighted by Gasteiger charge is 2.05. The van der Waals surface area contributed by atoms with E-state index in [0.717, 1.165) is 6.42 Å². The Labute approximate surface area is 104 Å². The van der Waals surface area contributed by atoms with Gasteiger partial charge in [0.15, 0.2) is 0 Å². The van der Waals surface area contributed by atoms with Crippen LogP contribution in [0.15, 0.2) is 17.5 Å². The molecule has 1 aromatic heterocycles. The zero-order valence-electron chi connectivity index (χ0n) is 10.5. The summed E-state index contributed by atoms with van der Waals surface area (Å²) in [4.78, 5) is 1.34. The molecule has 0 aromatic carbocycles. The Bertz CT molecular complexity index is 243. The molecule has 0 aliphatic rings. The Hall–Kier alpha value is -0.340. The second-order valence-electron chi connectivity index (χ2n) is 4.53. The number of nitrogens with two attached hydrogens (primary N) is 1. The lowest BCUT2D eigenvalue weighted by Crippen LogP contribution is -2.07. The van der Waals surface area contributed by atoms with E-state index in [1.54, 1.807) is 11.3 Å². The van der Waals surface area contributed by atoms with E-state index in [1.807, 2.05) is 0 Å². The largest absolute Gasteiger partial charge is 0.323 e. The monoisotopic (exact) mass is 239 g/mol. The summed E-state index contributed by atoms with van der Waals surface area (Å²) in [7, 11) is 0. The predicted molar refractivity (Wildman–Crippen MR) is 73.9 cm³/mol. The van der Waals surface area contributed by atoms with Gasteiger partial charge in [0.05, 0.1) is 0 Å². The van der Waals surface area contributed by atoms with Gasteiger partial charge in [-0.1, -0.05) is 57.9 Å². The number of thiophene rings is 1. The molecule has 1 rings (SSSR count). The Balaban J connectivity index is 1.95. The summed E-state index contributed by atoms with van der Waals surface area (Å²) in [6.45, 7) is 2.26. The molecule has 0 fully saturated rings. The number of unbranched alkanes of at least 4 members (excludes halogenated alkanes) is 6. The average Bonchev–Trinajstić information content (AvgIpc) is 2.81. The van der Waals surface area contributed by atoms with Crippen molar-refractivity contribution in [3.8, 4) is 0 Å². The van der Waals surface area contributed by atoms with Gasteiger partial charge in [0.1, 0.15) is 0 Å². The molecule has 16 heavy (non-hydrogen) atoms. The lowest BCUT2D eigenvalue weighted by atomic mass is 10.0. The SMILES string of the molecule is CCCCCCCCCC(N)c1cccs1. The van der Waals surface area contributed by atoms with Crippen molar-refractivity contribution >= 4 is 11.3 Å². The zero-order chi connectivity index (χ0) is 11.6. The summed E-state index contributed by atoms with van der Waals surface area (Å²) in [5, 5.41) is 2.11. The van der Waals surface area contributed by atoms with Crippen LogP contribution in [0.25, 0.3) is 0 Å². The number of rotatable bonds is 9. The number of hydrogen-bond donors (Lipinski definition) is 1. The van der Waals surface area contributed by atoms with Crippen molar-refractivity contribution in [2.75, 3.05) is 0 Å². The van der Waals surface area contributed by atoms with E-state index in [-0.39, 0.29) is 6.04 Å². The fourth-order valence-electron chi connectivity index (χ4n) is 1.97. The van der Waals surface area contributed by atoms with Gasteiger partial charge in [-0.05, 0) is 17.9 Å². The van der Waals surface area contributed by atoms with E-state index in [4.69, 9.17) is 5.73 Å². The first-order valence-corrected chi connectivity index (χ1v) is 7.51. The van der Waals surface area contributed by atoms with Crippen molar-refractivity contribution in [3.05, 3.63) is 22.4 Å². The molecule has 92 valence electrons. The van der Waals surface area contributed by atoms with Crippen molar-refractivity contribution < 1.29 is 0 Å². The Morgan fingerprint density at radius 1 is 1.12 bits per heavy atom. The molecule has 0 aliphatic heterocycles. The van der Waals surface area contributed by atoms with Gasteiger partial charge in [-0.15, -0.1) is 11.3 Å². The minimum absolute atomic E-state index is 0.274. The molecule has 1 heterocycles. The average molecular weight is 239 g/mol.